The topological polar surface area (TPSA) is 9.23 Å². The molecule has 1 rings (SSSR count). The maximum Gasteiger partial charge on any atom is 0.157 e. The van der Waals surface area contributed by atoms with Crippen LogP contribution in [0.1, 0.15) is 6.92 Å². The van der Waals surface area contributed by atoms with Crippen LogP contribution < -0.4 is 4.74 Å². The molecule has 1 aromatic carbocycles. The average molecular weight is 226 g/mol. The van der Waals surface area contributed by atoms with E-state index in [0.717, 1.165) is 0 Å². The number of benzene rings is 1. The molecular formula is C8H7Cl3O. The van der Waals surface area contributed by atoms with Crippen LogP contribution in [0.4, 0.5) is 0 Å². The highest BCUT2D eigenvalue weighted by atomic mass is 35.5. The summed E-state index contributed by atoms with van der Waals surface area (Å²) in [6, 6.07) is 3.29. The van der Waals surface area contributed by atoms with Gasteiger partial charge in [0.1, 0.15) is 5.02 Å². The Kier molecular flexibility index (Phi) is 3.51. The standard InChI is InChI=1S/C8H7Cl3O/c1-2-12-8-6(10)4-3-5(9)7(8)11/h3-4H,2H2,1H3. The van der Waals surface area contributed by atoms with Gasteiger partial charge in [-0.05, 0) is 19.1 Å². The quantitative estimate of drug-likeness (QED) is 0.690. The van der Waals surface area contributed by atoms with Gasteiger partial charge in [-0.3, -0.25) is 0 Å². The number of rotatable bonds is 2. The Morgan fingerprint density at radius 3 is 2.33 bits per heavy atom. The van der Waals surface area contributed by atoms with E-state index in [1.165, 1.54) is 0 Å². The number of halogens is 3. The monoisotopic (exact) mass is 224 g/mol. The lowest BCUT2D eigenvalue weighted by Crippen LogP contribution is -1.93. The third-order valence-corrected chi connectivity index (χ3v) is 2.38. The van der Waals surface area contributed by atoms with Crippen LogP contribution in [-0.2, 0) is 0 Å². The van der Waals surface area contributed by atoms with Crippen LogP contribution in [0.3, 0.4) is 0 Å². The van der Waals surface area contributed by atoms with Crippen molar-refractivity contribution in [3.8, 4) is 5.75 Å². The van der Waals surface area contributed by atoms with Gasteiger partial charge in [0.15, 0.2) is 5.75 Å². The molecule has 0 heterocycles. The van der Waals surface area contributed by atoms with Gasteiger partial charge in [-0.15, -0.1) is 0 Å². The van der Waals surface area contributed by atoms with Crippen molar-refractivity contribution in [2.24, 2.45) is 0 Å². The van der Waals surface area contributed by atoms with E-state index in [9.17, 15) is 0 Å². The van der Waals surface area contributed by atoms with Crippen molar-refractivity contribution in [1.29, 1.82) is 0 Å². The molecule has 0 spiro atoms. The second kappa shape index (κ2) is 4.22. The van der Waals surface area contributed by atoms with Crippen LogP contribution in [-0.4, -0.2) is 6.61 Å². The van der Waals surface area contributed by atoms with Crippen LogP contribution in [0.5, 0.6) is 5.75 Å². The molecule has 12 heavy (non-hydrogen) atoms. The van der Waals surface area contributed by atoms with Crippen molar-refractivity contribution in [2.75, 3.05) is 6.61 Å². The van der Waals surface area contributed by atoms with Gasteiger partial charge < -0.3 is 4.74 Å². The molecule has 0 aliphatic carbocycles. The first-order chi connectivity index (χ1) is 5.66. The molecule has 0 atom stereocenters. The summed E-state index contributed by atoms with van der Waals surface area (Å²) in [4.78, 5) is 0. The lowest BCUT2D eigenvalue weighted by atomic mass is 10.3. The van der Waals surface area contributed by atoms with E-state index in [-0.39, 0.29) is 0 Å². The van der Waals surface area contributed by atoms with Crippen molar-refractivity contribution in [3.63, 3.8) is 0 Å². The highest BCUT2D eigenvalue weighted by Gasteiger charge is 2.09. The Balaban J connectivity index is 3.14. The SMILES string of the molecule is CCOc1c(Cl)ccc(Cl)c1Cl. The lowest BCUT2D eigenvalue weighted by molar-refractivity contribution is 0.340. The smallest absolute Gasteiger partial charge is 0.157 e. The predicted molar refractivity (Wildman–Crippen MR) is 52.6 cm³/mol. The molecule has 1 nitrogen and oxygen atoms in total. The van der Waals surface area contributed by atoms with Crippen molar-refractivity contribution < 1.29 is 4.74 Å². The third kappa shape index (κ3) is 1.98. The van der Waals surface area contributed by atoms with E-state index in [2.05, 4.69) is 0 Å². The van der Waals surface area contributed by atoms with Crippen LogP contribution in [0, 0.1) is 0 Å². The largest absolute Gasteiger partial charge is 0.491 e. The van der Waals surface area contributed by atoms with Crippen molar-refractivity contribution in [2.45, 2.75) is 6.92 Å². The highest BCUT2D eigenvalue weighted by molar-refractivity contribution is 6.44. The minimum absolute atomic E-state index is 0.367. The number of ether oxygens (including phenoxy) is 1. The molecule has 0 aromatic heterocycles. The van der Waals surface area contributed by atoms with Crippen molar-refractivity contribution in [3.05, 3.63) is 27.2 Å². The molecule has 0 unspecified atom stereocenters. The molecule has 0 amide bonds. The molecule has 4 heteroatoms. The zero-order valence-corrected chi connectivity index (χ0v) is 8.67. The summed E-state index contributed by atoms with van der Waals surface area (Å²) in [5, 5.41) is 1.29. The lowest BCUT2D eigenvalue weighted by Gasteiger charge is -2.07. The van der Waals surface area contributed by atoms with Gasteiger partial charge in [0.05, 0.1) is 16.7 Å². The van der Waals surface area contributed by atoms with Crippen LogP contribution in [0.15, 0.2) is 12.1 Å². The van der Waals surface area contributed by atoms with E-state index in [4.69, 9.17) is 39.5 Å². The molecule has 0 bridgehead atoms. The first-order valence-corrected chi connectivity index (χ1v) is 4.56. The highest BCUT2D eigenvalue weighted by Crippen LogP contribution is 2.37. The molecule has 0 fully saturated rings. The summed E-state index contributed by atoms with van der Waals surface area (Å²) >= 11 is 17.4. The summed E-state index contributed by atoms with van der Waals surface area (Å²) in [5.41, 5.74) is 0. The molecule has 0 N–H and O–H groups in total. The summed E-state index contributed by atoms with van der Waals surface area (Å²) in [6.45, 7) is 2.37. The fourth-order valence-electron chi connectivity index (χ4n) is 0.785. The van der Waals surface area contributed by atoms with E-state index in [1.54, 1.807) is 12.1 Å². The van der Waals surface area contributed by atoms with Gasteiger partial charge >= 0.3 is 0 Å². The summed E-state index contributed by atoms with van der Waals surface area (Å²) in [6.07, 6.45) is 0. The second-order valence-corrected chi connectivity index (χ2v) is 3.30. The van der Waals surface area contributed by atoms with E-state index in [0.29, 0.717) is 27.4 Å². The molecular weight excluding hydrogens is 218 g/mol. The fraction of sp³-hybridized carbons (Fsp3) is 0.250. The van der Waals surface area contributed by atoms with Gasteiger partial charge in [0.2, 0.25) is 0 Å². The van der Waals surface area contributed by atoms with Crippen molar-refractivity contribution in [1.82, 2.24) is 0 Å². The maximum absolute atomic E-state index is 5.84. The summed E-state index contributed by atoms with van der Waals surface area (Å²) in [5.74, 6) is 0.452. The zero-order chi connectivity index (χ0) is 9.14. The van der Waals surface area contributed by atoms with Gasteiger partial charge in [-0.25, -0.2) is 0 Å². The van der Waals surface area contributed by atoms with Crippen LogP contribution in [0.25, 0.3) is 0 Å². The first kappa shape index (κ1) is 9.97. The molecule has 0 radical (unpaired) electrons. The predicted octanol–water partition coefficient (Wildman–Crippen LogP) is 4.05. The summed E-state index contributed by atoms with van der Waals surface area (Å²) < 4.78 is 5.20. The van der Waals surface area contributed by atoms with E-state index < -0.39 is 0 Å². The first-order valence-electron chi connectivity index (χ1n) is 3.43. The molecule has 1 aromatic rings. The van der Waals surface area contributed by atoms with Crippen molar-refractivity contribution >= 4 is 34.8 Å². The Bertz CT molecular complexity index is 286. The number of hydrogen-bond acceptors (Lipinski definition) is 1. The minimum atomic E-state index is 0.367. The van der Waals surface area contributed by atoms with Crippen LogP contribution >= 0.6 is 34.8 Å². The van der Waals surface area contributed by atoms with E-state index in [1.807, 2.05) is 6.92 Å². The Labute approximate surface area is 86.2 Å². The second-order valence-electron chi connectivity index (χ2n) is 2.11. The third-order valence-electron chi connectivity index (χ3n) is 1.29. The van der Waals surface area contributed by atoms with Gasteiger partial charge in [0, 0.05) is 0 Å². The molecule has 66 valence electrons. The van der Waals surface area contributed by atoms with Crippen LogP contribution in [0.2, 0.25) is 15.1 Å². The molecule has 0 saturated heterocycles. The fourth-order valence-corrected chi connectivity index (χ4v) is 1.41. The Morgan fingerprint density at radius 2 is 1.75 bits per heavy atom. The normalized spacial score (nSPS) is 10.0. The molecule has 0 saturated carbocycles. The average Bonchev–Trinajstić information content (AvgIpc) is 2.06. The van der Waals surface area contributed by atoms with Gasteiger partial charge in [0.25, 0.3) is 0 Å². The van der Waals surface area contributed by atoms with Gasteiger partial charge in [-0.2, -0.15) is 0 Å². The summed E-state index contributed by atoms with van der Waals surface area (Å²) in [7, 11) is 0. The zero-order valence-electron chi connectivity index (χ0n) is 6.40. The van der Waals surface area contributed by atoms with Gasteiger partial charge in [-0.1, -0.05) is 34.8 Å². The molecule has 0 aliphatic rings. The number of hydrogen-bond donors (Lipinski definition) is 0. The Hall–Kier alpha value is -0.110. The maximum atomic E-state index is 5.84. The van der Waals surface area contributed by atoms with E-state index >= 15 is 0 Å². The minimum Gasteiger partial charge on any atom is -0.491 e. The Morgan fingerprint density at radius 1 is 1.17 bits per heavy atom. The molecule has 0 aliphatic heterocycles.